The highest BCUT2D eigenvalue weighted by Gasteiger charge is 2.23. The van der Waals surface area contributed by atoms with E-state index in [-0.39, 0.29) is 12.1 Å². The molecule has 3 amide bonds. The molecule has 0 spiro atoms. The van der Waals surface area contributed by atoms with Gasteiger partial charge in [-0.2, -0.15) is 0 Å². The Bertz CT molecular complexity index is 732. The van der Waals surface area contributed by atoms with Crippen molar-refractivity contribution in [2.24, 2.45) is 0 Å². The Kier molecular flexibility index (Phi) is 4.86. The number of halogens is 1. The van der Waals surface area contributed by atoms with Gasteiger partial charge in [0, 0.05) is 17.3 Å². The Labute approximate surface area is 144 Å². The van der Waals surface area contributed by atoms with Gasteiger partial charge in [-0.3, -0.25) is 0 Å². The topological polar surface area (TPSA) is 79.5 Å². The van der Waals surface area contributed by atoms with E-state index in [1.165, 1.54) is 0 Å². The van der Waals surface area contributed by atoms with Crippen LogP contribution in [0.25, 0.3) is 0 Å². The molecule has 2 aromatic carbocycles. The zero-order valence-corrected chi connectivity index (χ0v) is 13.5. The first kappa shape index (κ1) is 16.1. The van der Waals surface area contributed by atoms with E-state index < -0.39 is 6.09 Å². The van der Waals surface area contributed by atoms with Crippen molar-refractivity contribution in [3.8, 4) is 0 Å². The van der Waals surface area contributed by atoms with E-state index in [9.17, 15) is 9.59 Å². The minimum Gasteiger partial charge on any atom is -0.439 e. The second kappa shape index (κ2) is 7.23. The van der Waals surface area contributed by atoms with E-state index >= 15 is 0 Å². The summed E-state index contributed by atoms with van der Waals surface area (Å²) in [4.78, 5) is 23.0. The number of nitrogens with one attached hydrogen (secondary N) is 3. The van der Waals surface area contributed by atoms with Crippen LogP contribution in [0.4, 0.5) is 15.3 Å². The molecule has 1 aliphatic rings. The van der Waals surface area contributed by atoms with Crippen LogP contribution in [0.15, 0.2) is 48.5 Å². The molecule has 0 aromatic heterocycles. The molecule has 0 saturated carbocycles. The molecule has 1 unspecified atom stereocenters. The van der Waals surface area contributed by atoms with Crippen LogP contribution in [-0.4, -0.2) is 18.7 Å². The van der Waals surface area contributed by atoms with Gasteiger partial charge < -0.3 is 20.7 Å². The van der Waals surface area contributed by atoms with E-state index in [0.717, 1.165) is 11.1 Å². The molecular weight excluding hydrogens is 330 g/mol. The predicted molar refractivity (Wildman–Crippen MR) is 91.0 cm³/mol. The van der Waals surface area contributed by atoms with E-state index in [1.807, 2.05) is 24.3 Å². The Morgan fingerprint density at radius 1 is 1.17 bits per heavy atom. The smallest absolute Gasteiger partial charge is 0.407 e. The molecule has 1 saturated heterocycles. The van der Waals surface area contributed by atoms with Crippen molar-refractivity contribution in [1.82, 2.24) is 10.6 Å². The number of carbonyl (C=O) groups excluding carboxylic acids is 2. The number of carbonyl (C=O) groups is 2. The molecule has 2 aromatic rings. The summed E-state index contributed by atoms with van der Waals surface area (Å²) in [7, 11) is 0. The van der Waals surface area contributed by atoms with Crippen LogP contribution in [0, 0.1) is 0 Å². The fourth-order valence-corrected chi connectivity index (χ4v) is 2.44. The first-order valence-corrected chi connectivity index (χ1v) is 7.82. The highest BCUT2D eigenvalue weighted by molar-refractivity contribution is 6.30. The van der Waals surface area contributed by atoms with Crippen LogP contribution in [0.1, 0.15) is 17.2 Å². The van der Waals surface area contributed by atoms with Crippen LogP contribution in [0.5, 0.6) is 0 Å². The third-order valence-electron chi connectivity index (χ3n) is 3.59. The number of ether oxygens (including phenoxy) is 1. The molecule has 24 heavy (non-hydrogen) atoms. The predicted octanol–water partition coefficient (Wildman–Crippen LogP) is 3.44. The second-order valence-corrected chi connectivity index (χ2v) is 5.77. The van der Waals surface area contributed by atoms with Gasteiger partial charge in [0.1, 0.15) is 6.10 Å². The first-order chi connectivity index (χ1) is 11.6. The van der Waals surface area contributed by atoms with Crippen molar-refractivity contribution < 1.29 is 14.3 Å². The number of cyclic esters (lactones) is 1. The lowest BCUT2D eigenvalue weighted by Crippen LogP contribution is -2.28. The summed E-state index contributed by atoms with van der Waals surface area (Å²) in [6.45, 7) is 0.859. The number of hydrogen-bond acceptors (Lipinski definition) is 3. The quantitative estimate of drug-likeness (QED) is 0.794. The minimum atomic E-state index is -0.413. The van der Waals surface area contributed by atoms with Crippen molar-refractivity contribution in [2.75, 3.05) is 11.9 Å². The lowest BCUT2D eigenvalue weighted by atomic mass is 10.1. The van der Waals surface area contributed by atoms with Gasteiger partial charge in [-0.05, 0) is 35.4 Å². The van der Waals surface area contributed by atoms with Gasteiger partial charge in [-0.25, -0.2) is 9.59 Å². The summed E-state index contributed by atoms with van der Waals surface area (Å²) in [5.74, 6) is 0. The molecule has 0 bridgehead atoms. The third kappa shape index (κ3) is 4.17. The number of amides is 3. The molecular formula is C17H16ClN3O3. The molecule has 1 atom stereocenters. The van der Waals surface area contributed by atoms with Crippen LogP contribution in [0.3, 0.4) is 0 Å². The van der Waals surface area contributed by atoms with E-state index in [4.69, 9.17) is 16.3 Å². The van der Waals surface area contributed by atoms with Crippen molar-refractivity contribution >= 4 is 29.4 Å². The standard InChI is InChI=1S/C17H16ClN3O3/c18-13-5-1-11(2-6-13)9-19-16(22)21-14-7-3-12(4-8-14)15-10-20-17(23)24-15/h1-8,15H,9-10H2,(H,20,23)(H2,19,21,22). The molecule has 1 fully saturated rings. The fraction of sp³-hybridized carbons (Fsp3) is 0.176. The van der Waals surface area contributed by atoms with Gasteiger partial charge in [0.25, 0.3) is 0 Å². The molecule has 0 aliphatic carbocycles. The highest BCUT2D eigenvalue weighted by Crippen LogP contribution is 2.22. The largest absolute Gasteiger partial charge is 0.439 e. The lowest BCUT2D eigenvalue weighted by Gasteiger charge is -2.10. The zero-order valence-electron chi connectivity index (χ0n) is 12.7. The fourth-order valence-electron chi connectivity index (χ4n) is 2.32. The van der Waals surface area contributed by atoms with E-state index in [2.05, 4.69) is 16.0 Å². The number of urea groups is 1. The summed E-state index contributed by atoms with van der Waals surface area (Å²) in [6.07, 6.45) is -0.700. The molecule has 7 heteroatoms. The van der Waals surface area contributed by atoms with Crippen molar-refractivity contribution in [3.05, 3.63) is 64.7 Å². The molecule has 3 N–H and O–H groups in total. The Morgan fingerprint density at radius 3 is 2.50 bits per heavy atom. The highest BCUT2D eigenvalue weighted by atomic mass is 35.5. The summed E-state index contributed by atoms with van der Waals surface area (Å²) in [5.41, 5.74) is 2.49. The average Bonchev–Trinajstić information content (AvgIpc) is 3.01. The average molecular weight is 346 g/mol. The summed E-state index contributed by atoms with van der Waals surface area (Å²) >= 11 is 5.82. The zero-order chi connectivity index (χ0) is 16.9. The van der Waals surface area contributed by atoms with Gasteiger partial charge in [0.2, 0.25) is 0 Å². The van der Waals surface area contributed by atoms with Gasteiger partial charge >= 0.3 is 12.1 Å². The van der Waals surface area contributed by atoms with Gasteiger partial charge in [0.15, 0.2) is 0 Å². The van der Waals surface area contributed by atoms with Crippen LogP contribution in [0.2, 0.25) is 5.02 Å². The maximum atomic E-state index is 11.9. The summed E-state index contributed by atoms with van der Waals surface area (Å²) in [5, 5.41) is 8.78. The number of hydrogen-bond donors (Lipinski definition) is 3. The van der Waals surface area contributed by atoms with Crippen molar-refractivity contribution in [1.29, 1.82) is 0 Å². The Hall–Kier alpha value is -2.73. The molecule has 1 aliphatic heterocycles. The van der Waals surface area contributed by atoms with Gasteiger partial charge in [-0.15, -0.1) is 0 Å². The normalized spacial score (nSPS) is 16.2. The number of benzene rings is 2. The van der Waals surface area contributed by atoms with Crippen molar-refractivity contribution in [3.63, 3.8) is 0 Å². The van der Waals surface area contributed by atoms with Gasteiger partial charge in [0.05, 0.1) is 6.54 Å². The maximum Gasteiger partial charge on any atom is 0.407 e. The molecule has 124 valence electrons. The van der Waals surface area contributed by atoms with Crippen LogP contribution in [-0.2, 0) is 11.3 Å². The number of alkyl carbamates (subject to hydrolysis) is 1. The van der Waals surface area contributed by atoms with E-state index in [0.29, 0.717) is 23.8 Å². The first-order valence-electron chi connectivity index (χ1n) is 7.44. The summed E-state index contributed by atoms with van der Waals surface area (Å²) in [6, 6.07) is 14.1. The SMILES string of the molecule is O=C(NCc1ccc(Cl)cc1)Nc1ccc(C2CNC(=O)O2)cc1. The Morgan fingerprint density at radius 2 is 1.88 bits per heavy atom. The third-order valence-corrected chi connectivity index (χ3v) is 3.84. The van der Waals surface area contributed by atoms with Crippen molar-refractivity contribution in [2.45, 2.75) is 12.6 Å². The minimum absolute atomic E-state index is 0.287. The molecule has 1 heterocycles. The molecule has 0 radical (unpaired) electrons. The maximum absolute atomic E-state index is 11.9. The van der Waals surface area contributed by atoms with Crippen LogP contribution < -0.4 is 16.0 Å². The number of rotatable bonds is 4. The lowest BCUT2D eigenvalue weighted by molar-refractivity contribution is 0.141. The monoisotopic (exact) mass is 345 g/mol. The number of anilines is 1. The van der Waals surface area contributed by atoms with Crippen LogP contribution >= 0.6 is 11.6 Å². The van der Waals surface area contributed by atoms with E-state index in [1.54, 1.807) is 24.3 Å². The molecule has 3 rings (SSSR count). The summed E-state index contributed by atoms with van der Waals surface area (Å²) < 4.78 is 5.11. The second-order valence-electron chi connectivity index (χ2n) is 5.33. The van der Waals surface area contributed by atoms with Gasteiger partial charge in [-0.1, -0.05) is 35.9 Å². The molecule has 6 nitrogen and oxygen atoms in total. The Balaban J connectivity index is 1.51.